The first-order valence-electron chi connectivity index (χ1n) is 10.3. The van der Waals surface area contributed by atoms with E-state index in [0.717, 1.165) is 41.2 Å². The molecule has 3 heterocycles. The Kier molecular flexibility index (Phi) is 5.67. The Morgan fingerprint density at radius 3 is 2.67 bits per heavy atom. The van der Waals surface area contributed by atoms with Crippen LogP contribution in [0.4, 0.5) is 5.95 Å². The molecule has 1 N–H and O–H groups in total. The second-order valence-electron chi connectivity index (χ2n) is 7.84. The fourth-order valence-corrected chi connectivity index (χ4v) is 3.23. The lowest BCUT2D eigenvalue weighted by Crippen LogP contribution is -2.13. The number of aromatic nitrogens is 4. The first-order chi connectivity index (χ1) is 14.4. The average molecular weight is 409 g/mol. The van der Waals surface area contributed by atoms with Crippen LogP contribution in [0.3, 0.4) is 0 Å². The summed E-state index contributed by atoms with van der Waals surface area (Å²) < 4.78 is 16.8. The zero-order valence-electron chi connectivity index (χ0n) is 18.0. The van der Waals surface area contributed by atoms with Crippen molar-refractivity contribution in [3.05, 3.63) is 35.0 Å². The molecular weight excluding hydrogens is 382 g/mol. The molecule has 0 bridgehead atoms. The van der Waals surface area contributed by atoms with Gasteiger partial charge in [0.25, 0.3) is 5.89 Å². The van der Waals surface area contributed by atoms with Crippen LogP contribution < -0.4 is 10.1 Å². The molecule has 1 aromatic carbocycles. The van der Waals surface area contributed by atoms with Crippen molar-refractivity contribution in [3.63, 3.8) is 0 Å². The summed E-state index contributed by atoms with van der Waals surface area (Å²) in [6.45, 7) is 11.5. The number of hydrogen-bond acceptors (Lipinski definition) is 8. The third-order valence-electron chi connectivity index (χ3n) is 4.72. The molecule has 1 saturated heterocycles. The van der Waals surface area contributed by atoms with Crippen LogP contribution in [0.1, 0.15) is 37.6 Å². The number of hydrogen-bond donors (Lipinski definition) is 1. The molecule has 0 unspecified atom stereocenters. The fourth-order valence-electron chi connectivity index (χ4n) is 3.23. The van der Waals surface area contributed by atoms with Crippen LogP contribution >= 0.6 is 0 Å². The Labute approximate surface area is 176 Å². The lowest BCUT2D eigenvalue weighted by Gasteiger charge is -2.13. The highest BCUT2D eigenvalue weighted by molar-refractivity contribution is 5.62. The van der Waals surface area contributed by atoms with Gasteiger partial charge in [0.05, 0.1) is 6.61 Å². The Morgan fingerprint density at radius 2 is 1.97 bits per heavy atom. The van der Waals surface area contributed by atoms with E-state index in [1.54, 1.807) is 0 Å². The van der Waals surface area contributed by atoms with Crippen LogP contribution in [0.15, 0.2) is 22.7 Å². The Morgan fingerprint density at radius 1 is 1.17 bits per heavy atom. The molecule has 1 aliphatic heterocycles. The summed E-state index contributed by atoms with van der Waals surface area (Å²) in [5.41, 5.74) is 4.46. The van der Waals surface area contributed by atoms with E-state index in [0.29, 0.717) is 30.0 Å². The van der Waals surface area contributed by atoms with Crippen LogP contribution in [0.2, 0.25) is 0 Å². The summed E-state index contributed by atoms with van der Waals surface area (Å²) in [5, 5.41) is 7.36. The number of epoxide rings is 1. The van der Waals surface area contributed by atoms with Crippen molar-refractivity contribution < 1.29 is 14.0 Å². The summed E-state index contributed by atoms with van der Waals surface area (Å²) in [5.74, 6) is 2.35. The maximum atomic E-state index is 5.99. The zero-order valence-corrected chi connectivity index (χ0v) is 18.0. The van der Waals surface area contributed by atoms with E-state index in [1.807, 2.05) is 45.9 Å². The lowest BCUT2D eigenvalue weighted by atomic mass is 10.0. The van der Waals surface area contributed by atoms with Crippen molar-refractivity contribution in [1.82, 2.24) is 20.1 Å². The molecule has 1 atom stereocenters. The van der Waals surface area contributed by atoms with Gasteiger partial charge in [0.1, 0.15) is 24.2 Å². The minimum atomic E-state index is 0.221. The lowest BCUT2D eigenvalue weighted by molar-refractivity contribution is 0.260. The normalized spacial score (nSPS) is 15.5. The number of rotatable bonds is 8. The quantitative estimate of drug-likeness (QED) is 0.558. The van der Waals surface area contributed by atoms with Crippen LogP contribution in [-0.4, -0.2) is 45.5 Å². The average Bonchev–Trinajstić information content (AvgIpc) is 3.38. The summed E-state index contributed by atoms with van der Waals surface area (Å²) in [6, 6.07) is 6.13. The number of anilines is 1. The van der Waals surface area contributed by atoms with E-state index in [4.69, 9.17) is 14.0 Å². The molecule has 3 aromatic rings. The molecule has 1 aliphatic rings. The molecule has 30 heavy (non-hydrogen) atoms. The fraction of sp³-hybridized carbons (Fsp3) is 0.455. The van der Waals surface area contributed by atoms with Crippen LogP contribution in [0.5, 0.6) is 5.75 Å². The molecule has 8 nitrogen and oxygen atoms in total. The molecule has 158 valence electrons. The maximum Gasteiger partial charge on any atom is 0.258 e. The molecule has 4 rings (SSSR count). The van der Waals surface area contributed by atoms with Crippen molar-refractivity contribution in [2.45, 2.75) is 53.2 Å². The van der Waals surface area contributed by atoms with Crippen LogP contribution in [-0.2, 0) is 11.2 Å². The van der Waals surface area contributed by atoms with Gasteiger partial charge in [-0.1, -0.05) is 12.1 Å². The number of benzene rings is 1. The van der Waals surface area contributed by atoms with Gasteiger partial charge >= 0.3 is 0 Å². The van der Waals surface area contributed by atoms with Crippen LogP contribution in [0.25, 0.3) is 23.0 Å². The van der Waals surface area contributed by atoms with E-state index in [9.17, 15) is 0 Å². The summed E-state index contributed by atoms with van der Waals surface area (Å²) in [7, 11) is 0. The number of nitrogens with one attached hydrogen (secondary N) is 1. The van der Waals surface area contributed by atoms with Gasteiger partial charge in [0, 0.05) is 17.3 Å². The second kappa shape index (κ2) is 8.39. The number of ether oxygens (including phenoxy) is 2. The predicted octanol–water partition coefficient (Wildman–Crippen LogP) is 3.97. The maximum absolute atomic E-state index is 5.99. The Bertz CT molecular complexity index is 1040. The highest BCUT2D eigenvalue weighted by Gasteiger charge is 2.24. The van der Waals surface area contributed by atoms with Crippen molar-refractivity contribution in [2.24, 2.45) is 0 Å². The topological polar surface area (TPSA) is 98.5 Å². The molecule has 1 fully saturated rings. The molecule has 0 aliphatic carbocycles. The summed E-state index contributed by atoms with van der Waals surface area (Å²) >= 11 is 0. The Hall–Kier alpha value is -3.00. The minimum absolute atomic E-state index is 0.221. The summed E-state index contributed by atoms with van der Waals surface area (Å²) in [4.78, 5) is 13.5. The van der Waals surface area contributed by atoms with Gasteiger partial charge in [-0.15, -0.1) is 0 Å². The van der Waals surface area contributed by atoms with Crippen molar-refractivity contribution >= 4 is 5.95 Å². The Balaban J connectivity index is 1.62. The van der Waals surface area contributed by atoms with E-state index in [2.05, 4.69) is 32.3 Å². The zero-order chi connectivity index (χ0) is 21.3. The van der Waals surface area contributed by atoms with Gasteiger partial charge < -0.3 is 19.3 Å². The van der Waals surface area contributed by atoms with Crippen molar-refractivity contribution in [2.75, 3.05) is 18.5 Å². The standard InChI is InChI=1S/C22H27N5O3/c1-6-15-9-16(7-13(4)19(15)29-11-17-10-28-17)21-26-20(27-30-21)18-8-14(5)24-22(25-18)23-12(2)3/h7-9,12,17H,6,10-11H2,1-5H3,(H,23,24,25)/t17-/m0/s1. The van der Waals surface area contributed by atoms with Gasteiger partial charge in [-0.3, -0.25) is 0 Å². The first-order valence-corrected chi connectivity index (χ1v) is 10.3. The second-order valence-corrected chi connectivity index (χ2v) is 7.84. The number of aryl methyl sites for hydroxylation is 3. The molecule has 0 saturated carbocycles. The third kappa shape index (κ3) is 4.59. The van der Waals surface area contributed by atoms with Crippen molar-refractivity contribution in [1.29, 1.82) is 0 Å². The van der Waals surface area contributed by atoms with E-state index >= 15 is 0 Å². The largest absolute Gasteiger partial charge is 0.490 e. The number of nitrogens with zero attached hydrogens (tertiary/aromatic N) is 4. The molecule has 0 radical (unpaired) electrons. The van der Waals surface area contributed by atoms with Gasteiger partial charge in [-0.25, -0.2) is 9.97 Å². The molecule has 0 spiro atoms. The highest BCUT2D eigenvalue weighted by Crippen LogP contribution is 2.32. The first kappa shape index (κ1) is 20.3. The van der Waals surface area contributed by atoms with E-state index in [-0.39, 0.29) is 12.1 Å². The van der Waals surface area contributed by atoms with E-state index in [1.165, 1.54) is 0 Å². The van der Waals surface area contributed by atoms with Gasteiger partial charge in [0.2, 0.25) is 11.8 Å². The molecule has 0 amide bonds. The van der Waals surface area contributed by atoms with Gasteiger partial charge in [0.15, 0.2) is 0 Å². The monoisotopic (exact) mass is 409 g/mol. The predicted molar refractivity (Wildman–Crippen MR) is 114 cm³/mol. The molecular formula is C22H27N5O3. The highest BCUT2D eigenvalue weighted by atomic mass is 16.6. The van der Waals surface area contributed by atoms with E-state index < -0.39 is 0 Å². The van der Waals surface area contributed by atoms with Crippen molar-refractivity contribution in [3.8, 4) is 28.7 Å². The summed E-state index contributed by atoms with van der Waals surface area (Å²) in [6.07, 6.45) is 1.06. The SMILES string of the molecule is CCc1cc(-c2nc(-c3cc(C)nc(NC(C)C)n3)no2)cc(C)c1OC[C@@H]1CO1. The smallest absolute Gasteiger partial charge is 0.258 e. The molecule has 8 heteroatoms. The van der Waals surface area contributed by atoms with Crippen LogP contribution in [0, 0.1) is 13.8 Å². The van der Waals surface area contributed by atoms with Gasteiger partial charge in [-0.05, 0) is 63.4 Å². The molecule has 2 aromatic heterocycles. The third-order valence-corrected chi connectivity index (χ3v) is 4.72. The minimum Gasteiger partial charge on any atom is -0.490 e. The van der Waals surface area contributed by atoms with Gasteiger partial charge in [-0.2, -0.15) is 4.98 Å².